The molecule has 2 N–H and O–H groups in total. The highest BCUT2D eigenvalue weighted by atomic mass is 19.4. The average Bonchev–Trinajstić information content (AvgIpc) is 2.37. The van der Waals surface area contributed by atoms with E-state index in [2.05, 4.69) is 44.4 Å². The summed E-state index contributed by atoms with van der Waals surface area (Å²) >= 11 is 0. The standard InChI is InChI=1S/C14H21N.C2HF3O2/c1-4-11-5-6-12(7-10(11)2)13-8-14(9-13)15-3;3-2(4,5)1(6)7/h5-7,13-15H,4,8-9H2,1-3H3;(H,6,7). The lowest BCUT2D eigenvalue weighted by molar-refractivity contribution is -0.192. The molecule has 0 atom stereocenters. The van der Waals surface area contributed by atoms with Crippen LogP contribution in [0.5, 0.6) is 0 Å². The molecule has 1 aliphatic rings. The van der Waals surface area contributed by atoms with E-state index in [1.165, 1.54) is 29.5 Å². The highest BCUT2D eigenvalue weighted by Crippen LogP contribution is 2.37. The quantitative estimate of drug-likeness (QED) is 0.894. The van der Waals surface area contributed by atoms with Gasteiger partial charge in [0.1, 0.15) is 0 Å². The van der Waals surface area contributed by atoms with Gasteiger partial charge in [-0.25, -0.2) is 4.79 Å². The third-order valence-electron chi connectivity index (χ3n) is 4.01. The highest BCUT2D eigenvalue weighted by molar-refractivity contribution is 5.73. The zero-order valence-corrected chi connectivity index (χ0v) is 13.0. The van der Waals surface area contributed by atoms with Crippen LogP contribution in [0, 0.1) is 6.92 Å². The summed E-state index contributed by atoms with van der Waals surface area (Å²) in [6, 6.07) is 7.76. The number of alkyl halides is 3. The summed E-state index contributed by atoms with van der Waals surface area (Å²) in [6.45, 7) is 4.46. The van der Waals surface area contributed by atoms with E-state index in [0.717, 1.165) is 18.4 Å². The minimum atomic E-state index is -5.08. The van der Waals surface area contributed by atoms with Gasteiger partial charge in [-0.2, -0.15) is 13.2 Å². The fraction of sp³-hybridized carbons (Fsp3) is 0.562. The molecule has 1 saturated carbocycles. The maximum Gasteiger partial charge on any atom is 0.490 e. The van der Waals surface area contributed by atoms with Gasteiger partial charge in [0, 0.05) is 6.04 Å². The summed E-state index contributed by atoms with van der Waals surface area (Å²) in [7, 11) is 2.06. The zero-order chi connectivity index (χ0) is 16.9. The minimum absolute atomic E-state index is 0.751. The van der Waals surface area contributed by atoms with E-state index in [1.54, 1.807) is 0 Å². The van der Waals surface area contributed by atoms with Gasteiger partial charge in [-0.15, -0.1) is 0 Å². The van der Waals surface area contributed by atoms with Crippen molar-refractivity contribution in [2.75, 3.05) is 7.05 Å². The average molecular weight is 317 g/mol. The smallest absolute Gasteiger partial charge is 0.475 e. The lowest BCUT2D eigenvalue weighted by atomic mass is 9.75. The van der Waals surface area contributed by atoms with Gasteiger partial charge in [-0.1, -0.05) is 25.1 Å². The van der Waals surface area contributed by atoms with Crippen LogP contribution in [0.4, 0.5) is 13.2 Å². The summed E-state index contributed by atoms with van der Waals surface area (Å²) in [5.74, 6) is -1.96. The van der Waals surface area contributed by atoms with Crippen molar-refractivity contribution >= 4 is 5.97 Å². The summed E-state index contributed by atoms with van der Waals surface area (Å²) in [5, 5.41) is 10.5. The van der Waals surface area contributed by atoms with Crippen LogP contribution in [0.15, 0.2) is 18.2 Å². The first-order chi connectivity index (χ1) is 10.2. The number of carbonyl (C=O) groups is 1. The van der Waals surface area contributed by atoms with E-state index in [4.69, 9.17) is 9.90 Å². The van der Waals surface area contributed by atoms with E-state index >= 15 is 0 Å². The van der Waals surface area contributed by atoms with Gasteiger partial charge in [0.25, 0.3) is 0 Å². The molecule has 0 radical (unpaired) electrons. The molecule has 0 spiro atoms. The third kappa shape index (κ3) is 5.02. The fourth-order valence-electron chi connectivity index (χ4n) is 2.50. The molecule has 0 heterocycles. The van der Waals surface area contributed by atoms with E-state index in [1.807, 2.05) is 0 Å². The molecule has 0 saturated heterocycles. The summed E-state index contributed by atoms with van der Waals surface area (Å²) < 4.78 is 31.7. The molecule has 22 heavy (non-hydrogen) atoms. The maximum atomic E-state index is 10.6. The predicted molar refractivity (Wildman–Crippen MR) is 79.1 cm³/mol. The number of halogens is 3. The number of aliphatic carboxylic acids is 1. The van der Waals surface area contributed by atoms with Gasteiger partial charge >= 0.3 is 12.1 Å². The number of rotatable bonds is 3. The second-order valence-electron chi connectivity index (χ2n) is 5.50. The van der Waals surface area contributed by atoms with Crippen LogP contribution < -0.4 is 5.32 Å². The topological polar surface area (TPSA) is 49.3 Å². The normalized spacial score (nSPS) is 20.6. The van der Waals surface area contributed by atoms with Crippen molar-refractivity contribution in [1.29, 1.82) is 0 Å². The second kappa shape index (κ2) is 7.63. The van der Waals surface area contributed by atoms with Crippen molar-refractivity contribution in [1.82, 2.24) is 5.32 Å². The van der Waals surface area contributed by atoms with Crippen molar-refractivity contribution in [3.8, 4) is 0 Å². The number of carboxylic acid groups (broad SMARTS) is 1. The summed E-state index contributed by atoms with van der Waals surface area (Å²) in [4.78, 5) is 8.90. The van der Waals surface area contributed by atoms with Crippen LogP contribution >= 0.6 is 0 Å². The Labute approximate surface area is 128 Å². The predicted octanol–water partition coefficient (Wildman–Crippen LogP) is 3.66. The lowest BCUT2D eigenvalue weighted by Gasteiger charge is -2.35. The van der Waals surface area contributed by atoms with E-state index in [0.29, 0.717) is 0 Å². The second-order valence-corrected chi connectivity index (χ2v) is 5.50. The molecule has 0 aliphatic heterocycles. The Hall–Kier alpha value is -1.56. The molecule has 1 fully saturated rings. The molecular formula is C16H22F3NO2. The number of aryl methyl sites for hydroxylation is 2. The van der Waals surface area contributed by atoms with Crippen LogP contribution in [0.2, 0.25) is 0 Å². The molecule has 1 aliphatic carbocycles. The largest absolute Gasteiger partial charge is 0.490 e. The highest BCUT2D eigenvalue weighted by Gasteiger charge is 2.38. The van der Waals surface area contributed by atoms with Crippen LogP contribution in [0.1, 0.15) is 42.4 Å². The van der Waals surface area contributed by atoms with Crippen LogP contribution in [0.25, 0.3) is 0 Å². The van der Waals surface area contributed by atoms with Crippen LogP contribution in [0.3, 0.4) is 0 Å². The lowest BCUT2D eigenvalue weighted by Crippen LogP contribution is -2.37. The molecule has 1 aromatic carbocycles. The van der Waals surface area contributed by atoms with Crippen molar-refractivity contribution in [3.63, 3.8) is 0 Å². The number of hydrogen-bond donors (Lipinski definition) is 2. The van der Waals surface area contributed by atoms with E-state index in [-0.39, 0.29) is 0 Å². The molecule has 3 nitrogen and oxygen atoms in total. The van der Waals surface area contributed by atoms with Crippen molar-refractivity contribution in [3.05, 3.63) is 34.9 Å². The van der Waals surface area contributed by atoms with E-state index < -0.39 is 12.1 Å². The first-order valence-corrected chi connectivity index (χ1v) is 7.25. The Bertz CT molecular complexity index is 509. The first-order valence-electron chi connectivity index (χ1n) is 7.25. The molecule has 0 aromatic heterocycles. The summed E-state index contributed by atoms with van der Waals surface area (Å²) in [5.41, 5.74) is 4.49. The molecule has 2 rings (SSSR count). The molecular weight excluding hydrogens is 295 g/mol. The van der Waals surface area contributed by atoms with Crippen LogP contribution in [-0.4, -0.2) is 30.3 Å². The van der Waals surface area contributed by atoms with Gasteiger partial charge in [0.2, 0.25) is 0 Å². The Morgan fingerprint density at radius 2 is 1.91 bits per heavy atom. The van der Waals surface area contributed by atoms with Crippen molar-refractivity contribution in [2.45, 2.75) is 51.2 Å². The molecule has 0 amide bonds. The number of carboxylic acids is 1. The molecule has 124 valence electrons. The van der Waals surface area contributed by atoms with E-state index in [9.17, 15) is 13.2 Å². The molecule has 0 bridgehead atoms. The fourth-order valence-corrected chi connectivity index (χ4v) is 2.50. The Morgan fingerprint density at radius 1 is 1.36 bits per heavy atom. The Balaban J connectivity index is 0.000000295. The van der Waals surface area contributed by atoms with Gasteiger partial charge in [-0.3, -0.25) is 0 Å². The molecule has 0 unspecified atom stereocenters. The number of benzene rings is 1. The van der Waals surface area contributed by atoms with Crippen molar-refractivity contribution < 1.29 is 23.1 Å². The van der Waals surface area contributed by atoms with Crippen molar-refractivity contribution in [2.24, 2.45) is 0 Å². The van der Waals surface area contributed by atoms with Gasteiger partial charge < -0.3 is 10.4 Å². The zero-order valence-electron chi connectivity index (χ0n) is 13.0. The van der Waals surface area contributed by atoms with Gasteiger partial charge in [0.15, 0.2) is 0 Å². The summed E-state index contributed by atoms with van der Waals surface area (Å²) in [6.07, 6.45) is -1.32. The number of nitrogens with one attached hydrogen (secondary N) is 1. The number of hydrogen-bond acceptors (Lipinski definition) is 2. The first kappa shape index (κ1) is 18.5. The minimum Gasteiger partial charge on any atom is -0.475 e. The van der Waals surface area contributed by atoms with Gasteiger partial charge in [-0.05, 0) is 55.8 Å². The molecule has 1 aromatic rings. The van der Waals surface area contributed by atoms with Crippen LogP contribution in [-0.2, 0) is 11.2 Å². The third-order valence-corrected chi connectivity index (χ3v) is 4.01. The Morgan fingerprint density at radius 3 is 2.27 bits per heavy atom. The Kier molecular flexibility index (Phi) is 6.41. The molecule has 6 heteroatoms. The maximum absolute atomic E-state index is 10.6. The monoisotopic (exact) mass is 317 g/mol. The van der Waals surface area contributed by atoms with Gasteiger partial charge in [0.05, 0.1) is 0 Å². The SMILES string of the molecule is CCc1ccc(C2CC(NC)C2)cc1C.O=C(O)C(F)(F)F.